The molecule has 2 aromatic carbocycles. The van der Waals surface area contributed by atoms with E-state index in [4.69, 9.17) is 41.0 Å². The Balaban J connectivity index is 0.000000807. The van der Waals surface area contributed by atoms with Crippen molar-refractivity contribution in [2.24, 2.45) is 0 Å². The molecule has 6 bridgehead atoms. The molecule has 3 aliphatic rings. The number of hydrogen-bond donors (Lipinski definition) is 1. The first-order valence-corrected chi connectivity index (χ1v) is 16.8. The molecule has 0 radical (unpaired) electrons. The fourth-order valence-electron chi connectivity index (χ4n) is 5.98. The van der Waals surface area contributed by atoms with Crippen molar-refractivity contribution in [3.8, 4) is 28.1 Å². The van der Waals surface area contributed by atoms with Gasteiger partial charge in [0.25, 0.3) is 0 Å². The molecule has 1 saturated heterocycles. The molecule has 2 aromatic heterocycles. The van der Waals surface area contributed by atoms with Gasteiger partial charge in [0.2, 0.25) is 0 Å². The molecule has 252 valence electrons. The molecule has 47 heavy (non-hydrogen) atoms. The molecule has 4 aromatic rings. The van der Waals surface area contributed by atoms with Gasteiger partial charge in [-0.3, -0.25) is 4.79 Å². The quantitative estimate of drug-likeness (QED) is 0.221. The van der Waals surface area contributed by atoms with Crippen LogP contribution < -0.4 is 9.64 Å². The number of fused-ring (bicyclic) bond motifs is 8. The second kappa shape index (κ2) is 14.6. The van der Waals surface area contributed by atoms with Gasteiger partial charge < -0.3 is 24.2 Å². The highest BCUT2D eigenvalue weighted by atomic mass is 35.5. The van der Waals surface area contributed by atoms with Crippen molar-refractivity contribution in [3.63, 3.8) is 0 Å². The molecule has 0 atom stereocenters. The number of aryl methyl sites for hydroxylation is 1. The lowest BCUT2D eigenvalue weighted by Gasteiger charge is -2.41. The number of rotatable bonds is 2. The minimum Gasteiger partial charge on any atom is -0.493 e. The molecule has 0 unspecified atom stereocenters. The topological polar surface area (TPSA) is 98.4 Å². The summed E-state index contributed by atoms with van der Waals surface area (Å²) in [5.74, 6) is 1.36. The second-order valence-corrected chi connectivity index (χ2v) is 14.0. The maximum absolute atomic E-state index is 12.5. The van der Waals surface area contributed by atoms with Gasteiger partial charge in [-0.15, -0.1) is 0 Å². The van der Waals surface area contributed by atoms with Crippen LogP contribution in [0.1, 0.15) is 71.1 Å². The van der Waals surface area contributed by atoms with E-state index in [0.717, 1.165) is 103 Å². The molecule has 7 rings (SSSR count). The summed E-state index contributed by atoms with van der Waals surface area (Å²) in [7, 11) is 1.42. The Labute approximate surface area is 282 Å². The van der Waals surface area contributed by atoms with Crippen molar-refractivity contribution in [2.75, 3.05) is 38.3 Å². The number of hydrogen-bond acceptors (Lipinski definition) is 8. The lowest BCUT2D eigenvalue weighted by Crippen LogP contribution is -2.45. The Kier molecular flexibility index (Phi) is 10.8. The largest absolute Gasteiger partial charge is 0.493 e. The van der Waals surface area contributed by atoms with Crippen LogP contribution in [-0.4, -0.2) is 70.3 Å². The van der Waals surface area contributed by atoms with E-state index < -0.39 is 5.60 Å². The third kappa shape index (κ3) is 8.63. The fraction of sp³-hybridized carbons (Fsp3) is 0.486. The van der Waals surface area contributed by atoms with Crippen LogP contribution in [0.5, 0.6) is 5.75 Å². The van der Waals surface area contributed by atoms with E-state index in [1.54, 1.807) is 20.8 Å². The molecule has 1 N–H and O–H groups in total. The van der Waals surface area contributed by atoms with Crippen LogP contribution in [-0.2, 0) is 20.7 Å². The summed E-state index contributed by atoms with van der Waals surface area (Å²) in [5, 5.41) is 14.2. The predicted molar refractivity (Wildman–Crippen MR) is 186 cm³/mol. The molecule has 5 heterocycles. The Morgan fingerprint density at radius 3 is 2.45 bits per heavy atom. The Hall–Kier alpha value is -3.66. The third-order valence-corrected chi connectivity index (χ3v) is 8.78. The molecular formula is C37H47ClN4O5. The number of halogens is 1. The van der Waals surface area contributed by atoms with Crippen molar-refractivity contribution in [1.82, 2.24) is 14.6 Å². The van der Waals surface area contributed by atoms with Gasteiger partial charge in [0.1, 0.15) is 11.6 Å². The first-order valence-electron chi connectivity index (χ1n) is 16.4. The van der Waals surface area contributed by atoms with Crippen LogP contribution >= 0.6 is 11.6 Å². The first-order chi connectivity index (χ1) is 22.3. The third-order valence-electron chi connectivity index (χ3n) is 8.47. The van der Waals surface area contributed by atoms with Crippen molar-refractivity contribution in [1.29, 1.82) is 0 Å². The Bertz CT molecular complexity index is 1700. The van der Waals surface area contributed by atoms with E-state index in [1.165, 1.54) is 7.11 Å². The summed E-state index contributed by atoms with van der Waals surface area (Å²) >= 11 is 6.74. The number of carbonyl (C=O) groups is 1. The molecule has 0 spiro atoms. The highest BCUT2D eigenvalue weighted by Gasteiger charge is 2.33. The SMILES string of the molecule is CC(C)(C)O.COC(=O)Cc1c(C)nc2cc3nn2c1N1CCC(C)(CC1)OCCCCCOc1cccc(Cl)c1-c1cccc-3c1. The molecule has 1 fully saturated rings. The van der Waals surface area contributed by atoms with E-state index >= 15 is 0 Å². The zero-order chi connectivity index (χ0) is 33.8. The molecule has 3 aliphatic heterocycles. The van der Waals surface area contributed by atoms with Crippen LogP contribution in [0.2, 0.25) is 5.02 Å². The number of anilines is 1. The first kappa shape index (κ1) is 34.7. The molecule has 0 amide bonds. The number of ether oxygens (including phenoxy) is 3. The van der Waals surface area contributed by atoms with Gasteiger partial charge in [0.15, 0.2) is 5.65 Å². The highest BCUT2D eigenvalue weighted by molar-refractivity contribution is 6.33. The number of piperidine rings is 1. The van der Waals surface area contributed by atoms with Crippen LogP contribution in [0.15, 0.2) is 48.5 Å². The van der Waals surface area contributed by atoms with Crippen LogP contribution in [0.3, 0.4) is 0 Å². The summed E-state index contributed by atoms with van der Waals surface area (Å²) in [6.45, 7) is 12.3. The average Bonchev–Trinajstić information content (AvgIpc) is 3.44. The fourth-order valence-corrected chi connectivity index (χ4v) is 6.26. The zero-order valence-corrected chi connectivity index (χ0v) is 29.2. The predicted octanol–water partition coefficient (Wildman–Crippen LogP) is 7.46. The van der Waals surface area contributed by atoms with E-state index in [0.29, 0.717) is 11.6 Å². The van der Waals surface area contributed by atoms with Gasteiger partial charge in [0.05, 0.1) is 42.1 Å². The van der Waals surface area contributed by atoms with Gasteiger partial charge in [-0.25, -0.2) is 4.98 Å². The lowest BCUT2D eigenvalue weighted by atomic mass is 9.92. The summed E-state index contributed by atoms with van der Waals surface area (Å²) < 4.78 is 19.6. The maximum atomic E-state index is 12.5. The van der Waals surface area contributed by atoms with Crippen molar-refractivity contribution >= 4 is 29.0 Å². The van der Waals surface area contributed by atoms with E-state index in [-0.39, 0.29) is 18.0 Å². The number of esters is 1. The molecule has 0 aliphatic carbocycles. The summed E-state index contributed by atoms with van der Waals surface area (Å²) in [4.78, 5) is 19.7. The number of aromatic nitrogens is 3. The van der Waals surface area contributed by atoms with Gasteiger partial charge >= 0.3 is 5.97 Å². The lowest BCUT2D eigenvalue weighted by molar-refractivity contribution is -0.139. The minimum atomic E-state index is -0.500. The van der Waals surface area contributed by atoms with E-state index in [2.05, 4.69) is 17.9 Å². The van der Waals surface area contributed by atoms with Crippen molar-refractivity contribution in [2.45, 2.75) is 84.3 Å². The number of aliphatic hydroxyl groups is 1. The van der Waals surface area contributed by atoms with Gasteiger partial charge in [-0.05, 0) is 90.5 Å². The number of benzene rings is 2. The number of methoxy groups -OCH3 is 1. The van der Waals surface area contributed by atoms with Gasteiger partial charge in [-0.1, -0.05) is 35.9 Å². The van der Waals surface area contributed by atoms with Gasteiger partial charge in [0, 0.05) is 48.1 Å². The van der Waals surface area contributed by atoms with Crippen molar-refractivity contribution in [3.05, 3.63) is 64.8 Å². The van der Waals surface area contributed by atoms with Crippen LogP contribution in [0, 0.1) is 6.92 Å². The monoisotopic (exact) mass is 662 g/mol. The zero-order valence-electron chi connectivity index (χ0n) is 28.4. The normalized spacial score (nSPS) is 16.6. The summed E-state index contributed by atoms with van der Waals surface area (Å²) in [5.41, 5.74) is 5.22. The summed E-state index contributed by atoms with van der Waals surface area (Å²) in [6, 6.07) is 16.0. The van der Waals surface area contributed by atoms with Gasteiger partial charge in [-0.2, -0.15) is 9.61 Å². The molecule has 9 nitrogen and oxygen atoms in total. The Morgan fingerprint density at radius 1 is 1.04 bits per heavy atom. The van der Waals surface area contributed by atoms with Crippen molar-refractivity contribution < 1.29 is 24.1 Å². The van der Waals surface area contributed by atoms with E-state index in [1.807, 2.05) is 53.9 Å². The van der Waals surface area contributed by atoms with Crippen LogP contribution in [0.4, 0.5) is 5.82 Å². The highest BCUT2D eigenvalue weighted by Crippen LogP contribution is 2.39. The van der Waals surface area contributed by atoms with Crippen LogP contribution in [0.25, 0.3) is 28.0 Å². The second-order valence-electron chi connectivity index (χ2n) is 13.6. The standard InChI is InChI=1S/C33H37ClN4O4.C4H10O/c1-22-25(20-30(39)40-3)32-37-15-13-33(2,14-16-37)42-18-6-4-5-17-41-28-12-8-11-26(34)31(28)24-10-7-9-23(19-24)27-21-29(35-22)38(32)36-27;1-4(2,3)5/h7-12,19,21H,4-6,13-18,20H2,1-3H3;5H,1-3H3. The Morgan fingerprint density at radius 2 is 1.72 bits per heavy atom. The maximum Gasteiger partial charge on any atom is 0.310 e. The summed E-state index contributed by atoms with van der Waals surface area (Å²) in [6.07, 6.45) is 4.84. The molecule has 0 saturated carbocycles. The number of carbonyl (C=O) groups excluding carboxylic acids is 1. The molecule has 10 heteroatoms. The number of nitrogens with zero attached hydrogens (tertiary/aromatic N) is 4. The average molecular weight is 663 g/mol. The van der Waals surface area contributed by atoms with E-state index in [9.17, 15) is 4.79 Å². The molecular weight excluding hydrogens is 616 g/mol. The minimum absolute atomic E-state index is 0.130. The smallest absolute Gasteiger partial charge is 0.310 e.